The molecule has 1 N–H and O–H groups in total. The average Bonchev–Trinajstić information content (AvgIpc) is 2.34. The third kappa shape index (κ3) is 5.36. The average molecular weight is 265 g/mol. The van der Waals surface area contributed by atoms with Crippen LogP contribution in [0.25, 0.3) is 0 Å². The van der Waals surface area contributed by atoms with E-state index in [9.17, 15) is 9.59 Å². The number of nitrogens with one attached hydrogen (secondary N) is 1. The van der Waals surface area contributed by atoms with Crippen molar-refractivity contribution in [2.45, 2.75) is 26.7 Å². The highest BCUT2D eigenvalue weighted by Gasteiger charge is 2.05. The summed E-state index contributed by atoms with van der Waals surface area (Å²) >= 11 is 1.68. The van der Waals surface area contributed by atoms with Gasteiger partial charge in [-0.3, -0.25) is 9.59 Å². The lowest BCUT2D eigenvalue weighted by Crippen LogP contribution is -2.07. The van der Waals surface area contributed by atoms with E-state index < -0.39 is 0 Å². The Bertz CT molecular complexity index is 401. The summed E-state index contributed by atoms with van der Waals surface area (Å²) in [7, 11) is 0. The van der Waals surface area contributed by atoms with Gasteiger partial charge in [0.2, 0.25) is 5.91 Å². The first kappa shape index (κ1) is 14.8. The minimum atomic E-state index is -0.107. The molecule has 0 aliphatic carbocycles. The molecule has 0 aromatic heterocycles. The van der Waals surface area contributed by atoms with Crippen LogP contribution in [-0.2, 0) is 4.79 Å². The molecule has 0 radical (unpaired) electrons. The van der Waals surface area contributed by atoms with Crippen LogP contribution < -0.4 is 5.32 Å². The molecule has 18 heavy (non-hydrogen) atoms. The molecule has 0 fully saturated rings. The summed E-state index contributed by atoms with van der Waals surface area (Å²) in [6.45, 7) is 3.60. The molecule has 4 heteroatoms. The number of hydrogen-bond acceptors (Lipinski definition) is 3. The quantitative estimate of drug-likeness (QED) is 0.607. The molecule has 0 bridgehead atoms. The largest absolute Gasteiger partial charge is 0.326 e. The van der Waals surface area contributed by atoms with Crippen LogP contribution in [0.3, 0.4) is 0 Å². The monoisotopic (exact) mass is 265 g/mol. The summed E-state index contributed by atoms with van der Waals surface area (Å²) in [6, 6.07) is 7.03. The second-order valence-electron chi connectivity index (χ2n) is 4.09. The fourth-order valence-corrected chi connectivity index (χ4v) is 2.43. The lowest BCUT2D eigenvalue weighted by molar-refractivity contribution is -0.114. The van der Waals surface area contributed by atoms with Crippen LogP contribution >= 0.6 is 11.8 Å². The van der Waals surface area contributed by atoms with Crippen LogP contribution in [-0.4, -0.2) is 23.2 Å². The number of rotatable bonds is 7. The SMILES string of the molecule is CCCCSCC(=O)c1ccc(NC(C)=O)cc1. The number of thioether (sulfide) groups is 1. The van der Waals surface area contributed by atoms with Crippen molar-refractivity contribution in [1.82, 2.24) is 0 Å². The maximum atomic E-state index is 11.8. The number of ketones is 1. The van der Waals surface area contributed by atoms with Gasteiger partial charge in [-0.25, -0.2) is 0 Å². The molecule has 0 heterocycles. The summed E-state index contributed by atoms with van der Waals surface area (Å²) < 4.78 is 0. The van der Waals surface area contributed by atoms with Crippen molar-refractivity contribution in [3.8, 4) is 0 Å². The first-order valence-corrected chi connectivity index (χ1v) is 7.27. The van der Waals surface area contributed by atoms with Crippen molar-refractivity contribution in [2.24, 2.45) is 0 Å². The Labute approximate surface area is 112 Å². The van der Waals surface area contributed by atoms with Crippen LogP contribution in [0.2, 0.25) is 0 Å². The third-order valence-electron chi connectivity index (χ3n) is 2.40. The van der Waals surface area contributed by atoms with Gasteiger partial charge in [0.25, 0.3) is 0 Å². The maximum absolute atomic E-state index is 11.8. The summed E-state index contributed by atoms with van der Waals surface area (Å²) in [5, 5.41) is 2.68. The molecule has 0 saturated carbocycles. The molecule has 98 valence electrons. The Hall–Kier alpha value is -1.29. The van der Waals surface area contributed by atoms with E-state index in [1.807, 2.05) is 0 Å². The van der Waals surface area contributed by atoms with Gasteiger partial charge in [0, 0.05) is 18.2 Å². The van der Waals surface area contributed by atoms with Crippen LogP contribution in [0.1, 0.15) is 37.0 Å². The number of carbonyl (C=O) groups excluding carboxylic acids is 2. The van der Waals surface area contributed by atoms with Crippen LogP contribution in [0.15, 0.2) is 24.3 Å². The highest BCUT2D eigenvalue weighted by Crippen LogP contribution is 2.13. The summed E-state index contributed by atoms with van der Waals surface area (Å²) in [5.74, 6) is 1.60. The molecule has 0 saturated heterocycles. The third-order valence-corrected chi connectivity index (χ3v) is 3.45. The van der Waals surface area contributed by atoms with Crippen molar-refractivity contribution in [2.75, 3.05) is 16.8 Å². The van der Waals surface area contributed by atoms with Crippen molar-refractivity contribution < 1.29 is 9.59 Å². The molecule has 0 aliphatic rings. The molecular weight excluding hydrogens is 246 g/mol. The van der Waals surface area contributed by atoms with E-state index in [4.69, 9.17) is 0 Å². The van der Waals surface area contributed by atoms with E-state index in [1.165, 1.54) is 6.92 Å². The number of hydrogen-bond donors (Lipinski definition) is 1. The second-order valence-corrected chi connectivity index (χ2v) is 5.19. The lowest BCUT2D eigenvalue weighted by atomic mass is 10.1. The number of anilines is 1. The van der Waals surface area contributed by atoms with Gasteiger partial charge in [0.1, 0.15) is 0 Å². The highest BCUT2D eigenvalue weighted by molar-refractivity contribution is 7.99. The molecule has 0 spiro atoms. The van der Waals surface area contributed by atoms with Gasteiger partial charge >= 0.3 is 0 Å². The Morgan fingerprint density at radius 3 is 2.44 bits per heavy atom. The number of amides is 1. The van der Waals surface area contributed by atoms with E-state index >= 15 is 0 Å². The topological polar surface area (TPSA) is 46.2 Å². The predicted octanol–water partition coefficient (Wildman–Crippen LogP) is 3.36. The normalized spacial score (nSPS) is 10.1. The fourth-order valence-electron chi connectivity index (χ4n) is 1.44. The molecule has 3 nitrogen and oxygen atoms in total. The van der Waals surface area contributed by atoms with Gasteiger partial charge in [0.05, 0.1) is 5.75 Å². The van der Waals surface area contributed by atoms with E-state index in [0.29, 0.717) is 11.3 Å². The number of Topliss-reactive ketones (excluding diaryl/α,β-unsaturated/α-hetero) is 1. The first-order valence-electron chi connectivity index (χ1n) is 6.12. The smallest absolute Gasteiger partial charge is 0.221 e. The maximum Gasteiger partial charge on any atom is 0.221 e. The fraction of sp³-hybridized carbons (Fsp3) is 0.429. The number of benzene rings is 1. The lowest BCUT2D eigenvalue weighted by Gasteiger charge is -2.04. The summed E-state index contributed by atoms with van der Waals surface area (Å²) in [6.07, 6.45) is 2.31. The zero-order valence-electron chi connectivity index (χ0n) is 10.9. The molecule has 0 aliphatic heterocycles. The molecule has 0 atom stereocenters. The van der Waals surface area contributed by atoms with Gasteiger partial charge in [-0.05, 0) is 36.4 Å². The van der Waals surface area contributed by atoms with Crippen molar-refractivity contribution >= 4 is 29.1 Å². The van der Waals surface area contributed by atoms with E-state index in [0.717, 1.165) is 24.3 Å². The minimum Gasteiger partial charge on any atom is -0.326 e. The standard InChI is InChI=1S/C14H19NO2S/c1-3-4-9-18-10-14(17)12-5-7-13(8-6-12)15-11(2)16/h5-8H,3-4,9-10H2,1-2H3,(H,15,16). The number of unbranched alkanes of at least 4 members (excludes halogenated alkanes) is 1. The van der Waals surface area contributed by atoms with Gasteiger partial charge in [-0.15, -0.1) is 0 Å². The highest BCUT2D eigenvalue weighted by atomic mass is 32.2. The van der Waals surface area contributed by atoms with E-state index in [1.54, 1.807) is 36.0 Å². The van der Waals surface area contributed by atoms with E-state index in [2.05, 4.69) is 12.2 Å². The van der Waals surface area contributed by atoms with Crippen LogP contribution in [0.5, 0.6) is 0 Å². The van der Waals surface area contributed by atoms with Crippen molar-refractivity contribution in [1.29, 1.82) is 0 Å². The molecule has 0 unspecified atom stereocenters. The zero-order chi connectivity index (χ0) is 13.4. The van der Waals surface area contributed by atoms with Crippen molar-refractivity contribution in [3.05, 3.63) is 29.8 Å². The Balaban J connectivity index is 2.46. The zero-order valence-corrected chi connectivity index (χ0v) is 11.7. The minimum absolute atomic E-state index is 0.107. The molecular formula is C14H19NO2S. The predicted molar refractivity (Wildman–Crippen MR) is 77.3 cm³/mol. The first-order chi connectivity index (χ1) is 8.63. The molecule has 1 aromatic rings. The molecule has 1 aromatic carbocycles. The van der Waals surface area contributed by atoms with Gasteiger partial charge in [-0.2, -0.15) is 11.8 Å². The summed E-state index contributed by atoms with van der Waals surface area (Å²) in [5.41, 5.74) is 1.42. The Morgan fingerprint density at radius 2 is 1.89 bits per heavy atom. The number of carbonyl (C=O) groups is 2. The Morgan fingerprint density at radius 1 is 1.22 bits per heavy atom. The molecule has 1 amide bonds. The van der Waals surface area contributed by atoms with E-state index in [-0.39, 0.29) is 11.7 Å². The van der Waals surface area contributed by atoms with Gasteiger partial charge < -0.3 is 5.32 Å². The van der Waals surface area contributed by atoms with Gasteiger partial charge in [-0.1, -0.05) is 13.3 Å². The van der Waals surface area contributed by atoms with Crippen LogP contribution in [0.4, 0.5) is 5.69 Å². The Kier molecular flexibility index (Phi) is 6.50. The summed E-state index contributed by atoms with van der Waals surface area (Å²) in [4.78, 5) is 22.7. The molecule has 1 rings (SSSR count). The van der Waals surface area contributed by atoms with Crippen LogP contribution in [0, 0.1) is 0 Å². The van der Waals surface area contributed by atoms with Gasteiger partial charge in [0.15, 0.2) is 5.78 Å². The van der Waals surface area contributed by atoms with Crippen molar-refractivity contribution in [3.63, 3.8) is 0 Å². The second kappa shape index (κ2) is 7.93.